The van der Waals surface area contributed by atoms with Crippen LogP contribution in [-0.4, -0.2) is 26.5 Å². The van der Waals surface area contributed by atoms with Crippen molar-refractivity contribution in [3.05, 3.63) is 35.7 Å². The highest BCUT2D eigenvalue weighted by Crippen LogP contribution is 2.25. The van der Waals surface area contributed by atoms with Crippen LogP contribution in [0.25, 0.3) is 11.2 Å². The molecule has 0 amide bonds. The number of fused-ring (bicyclic) bond motifs is 1. The molecule has 21 heavy (non-hydrogen) atoms. The average molecular weight is 282 g/mol. The number of rotatable bonds is 4. The summed E-state index contributed by atoms with van der Waals surface area (Å²) in [6.45, 7) is 6.91. The zero-order valence-corrected chi connectivity index (χ0v) is 12.4. The van der Waals surface area contributed by atoms with Gasteiger partial charge in [0.25, 0.3) is 0 Å². The number of aryl methyl sites for hydroxylation is 2. The molecule has 2 aromatic heterocycles. The highest BCUT2D eigenvalue weighted by atomic mass is 15.2. The summed E-state index contributed by atoms with van der Waals surface area (Å²) in [4.78, 5) is 16.2. The first-order chi connectivity index (χ1) is 10.2. The SMILES string of the molecule is CCNc1nc(Nc2cc(C)ccc2C)c2[nH]cnc2n1. The van der Waals surface area contributed by atoms with Crippen LogP contribution in [0.4, 0.5) is 17.5 Å². The van der Waals surface area contributed by atoms with E-state index in [1.54, 1.807) is 6.33 Å². The molecule has 0 bridgehead atoms. The summed E-state index contributed by atoms with van der Waals surface area (Å²) in [5.74, 6) is 1.30. The van der Waals surface area contributed by atoms with E-state index in [1.807, 2.05) is 6.92 Å². The molecule has 6 heteroatoms. The molecule has 108 valence electrons. The smallest absolute Gasteiger partial charge is 0.226 e. The fraction of sp³-hybridized carbons (Fsp3) is 0.267. The first-order valence-electron chi connectivity index (χ1n) is 6.96. The topological polar surface area (TPSA) is 78.5 Å². The lowest BCUT2D eigenvalue weighted by Gasteiger charge is -2.11. The largest absolute Gasteiger partial charge is 0.354 e. The Morgan fingerprint density at radius 1 is 1.19 bits per heavy atom. The maximum Gasteiger partial charge on any atom is 0.226 e. The van der Waals surface area contributed by atoms with E-state index in [0.717, 1.165) is 29.1 Å². The van der Waals surface area contributed by atoms with Gasteiger partial charge in [0.05, 0.1) is 6.33 Å². The van der Waals surface area contributed by atoms with E-state index in [-0.39, 0.29) is 0 Å². The van der Waals surface area contributed by atoms with E-state index in [0.29, 0.717) is 11.6 Å². The van der Waals surface area contributed by atoms with Crippen molar-refractivity contribution in [2.45, 2.75) is 20.8 Å². The van der Waals surface area contributed by atoms with Crippen LogP contribution in [0, 0.1) is 13.8 Å². The summed E-state index contributed by atoms with van der Waals surface area (Å²) >= 11 is 0. The lowest BCUT2D eigenvalue weighted by molar-refractivity contribution is 1.10. The maximum atomic E-state index is 4.52. The van der Waals surface area contributed by atoms with Gasteiger partial charge in [-0.2, -0.15) is 9.97 Å². The van der Waals surface area contributed by atoms with Gasteiger partial charge in [-0.15, -0.1) is 0 Å². The van der Waals surface area contributed by atoms with Crippen LogP contribution in [0.15, 0.2) is 24.5 Å². The summed E-state index contributed by atoms with van der Waals surface area (Å²) in [6.07, 6.45) is 1.63. The van der Waals surface area contributed by atoms with Crippen LogP contribution in [-0.2, 0) is 0 Å². The molecule has 3 aromatic rings. The van der Waals surface area contributed by atoms with Crippen LogP contribution < -0.4 is 10.6 Å². The van der Waals surface area contributed by atoms with Gasteiger partial charge in [0, 0.05) is 12.2 Å². The highest BCUT2D eigenvalue weighted by Gasteiger charge is 2.10. The molecule has 0 unspecified atom stereocenters. The van der Waals surface area contributed by atoms with Crippen molar-refractivity contribution in [3.8, 4) is 0 Å². The molecular formula is C15H18N6. The second-order valence-corrected chi connectivity index (χ2v) is 4.97. The summed E-state index contributed by atoms with van der Waals surface area (Å²) in [5.41, 5.74) is 4.85. The third-order valence-corrected chi connectivity index (χ3v) is 3.27. The number of imidazole rings is 1. The van der Waals surface area contributed by atoms with E-state index in [4.69, 9.17) is 0 Å². The van der Waals surface area contributed by atoms with Gasteiger partial charge in [-0.3, -0.25) is 0 Å². The highest BCUT2D eigenvalue weighted by molar-refractivity contribution is 5.86. The second-order valence-electron chi connectivity index (χ2n) is 4.97. The van der Waals surface area contributed by atoms with Gasteiger partial charge < -0.3 is 15.6 Å². The first-order valence-corrected chi connectivity index (χ1v) is 6.96. The van der Waals surface area contributed by atoms with Crippen LogP contribution in [0.2, 0.25) is 0 Å². The number of H-pyrrole nitrogens is 1. The number of aromatic nitrogens is 4. The van der Waals surface area contributed by atoms with Gasteiger partial charge in [0.2, 0.25) is 5.95 Å². The Hall–Kier alpha value is -2.63. The fourth-order valence-corrected chi connectivity index (χ4v) is 2.16. The summed E-state index contributed by atoms with van der Waals surface area (Å²) in [6, 6.07) is 6.29. The minimum absolute atomic E-state index is 0.574. The summed E-state index contributed by atoms with van der Waals surface area (Å²) in [7, 11) is 0. The van der Waals surface area contributed by atoms with Crippen LogP contribution in [0.3, 0.4) is 0 Å². The predicted octanol–water partition coefficient (Wildman–Crippen LogP) is 3.15. The van der Waals surface area contributed by atoms with E-state index >= 15 is 0 Å². The zero-order valence-electron chi connectivity index (χ0n) is 12.4. The van der Waals surface area contributed by atoms with Gasteiger partial charge >= 0.3 is 0 Å². The number of nitrogens with one attached hydrogen (secondary N) is 3. The Balaban J connectivity index is 2.06. The monoisotopic (exact) mass is 282 g/mol. The van der Waals surface area contributed by atoms with E-state index in [9.17, 15) is 0 Å². The molecule has 6 nitrogen and oxygen atoms in total. The van der Waals surface area contributed by atoms with Crippen molar-refractivity contribution >= 4 is 28.6 Å². The quantitative estimate of drug-likeness (QED) is 0.685. The molecule has 0 aliphatic rings. The van der Waals surface area contributed by atoms with E-state index < -0.39 is 0 Å². The van der Waals surface area contributed by atoms with Gasteiger partial charge in [-0.1, -0.05) is 12.1 Å². The van der Waals surface area contributed by atoms with E-state index in [2.05, 4.69) is 62.6 Å². The molecule has 0 radical (unpaired) electrons. The third-order valence-electron chi connectivity index (χ3n) is 3.27. The first kappa shape index (κ1) is 13.4. The summed E-state index contributed by atoms with van der Waals surface area (Å²) in [5, 5.41) is 6.50. The van der Waals surface area contributed by atoms with E-state index in [1.165, 1.54) is 5.56 Å². The lowest BCUT2D eigenvalue weighted by Crippen LogP contribution is -2.05. The van der Waals surface area contributed by atoms with Gasteiger partial charge in [0.1, 0.15) is 5.52 Å². The third kappa shape index (κ3) is 2.65. The van der Waals surface area contributed by atoms with Crippen LogP contribution >= 0.6 is 0 Å². The van der Waals surface area contributed by atoms with Crippen molar-refractivity contribution in [2.75, 3.05) is 17.2 Å². The second kappa shape index (κ2) is 5.40. The molecule has 1 aromatic carbocycles. The summed E-state index contributed by atoms with van der Waals surface area (Å²) < 4.78 is 0. The molecule has 0 saturated carbocycles. The Labute approximate surface area is 123 Å². The molecule has 3 rings (SSSR count). The molecular weight excluding hydrogens is 264 g/mol. The van der Waals surface area contributed by atoms with Gasteiger partial charge in [-0.25, -0.2) is 4.98 Å². The van der Waals surface area contributed by atoms with Gasteiger partial charge in [0.15, 0.2) is 11.5 Å². The van der Waals surface area contributed by atoms with Crippen molar-refractivity contribution in [1.29, 1.82) is 0 Å². The van der Waals surface area contributed by atoms with Gasteiger partial charge in [-0.05, 0) is 38.0 Å². The number of hydrogen-bond donors (Lipinski definition) is 3. The minimum atomic E-state index is 0.574. The molecule has 0 aliphatic heterocycles. The van der Waals surface area contributed by atoms with Crippen molar-refractivity contribution in [3.63, 3.8) is 0 Å². The number of aromatic amines is 1. The Bertz CT molecular complexity index is 777. The minimum Gasteiger partial charge on any atom is -0.354 e. The molecule has 0 fully saturated rings. The number of nitrogens with zero attached hydrogens (tertiary/aromatic N) is 3. The lowest BCUT2D eigenvalue weighted by atomic mass is 10.1. The normalized spacial score (nSPS) is 10.8. The zero-order chi connectivity index (χ0) is 14.8. The van der Waals surface area contributed by atoms with Crippen LogP contribution in [0.1, 0.15) is 18.1 Å². The van der Waals surface area contributed by atoms with Crippen molar-refractivity contribution in [1.82, 2.24) is 19.9 Å². The average Bonchev–Trinajstić information content (AvgIpc) is 2.92. The molecule has 0 aliphatic carbocycles. The molecule has 2 heterocycles. The molecule has 0 atom stereocenters. The molecule has 3 N–H and O–H groups in total. The van der Waals surface area contributed by atoms with Crippen LogP contribution in [0.5, 0.6) is 0 Å². The Morgan fingerprint density at radius 3 is 2.86 bits per heavy atom. The fourth-order valence-electron chi connectivity index (χ4n) is 2.16. The Morgan fingerprint density at radius 2 is 2.05 bits per heavy atom. The van der Waals surface area contributed by atoms with Crippen molar-refractivity contribution in [2.24, 2.45) is 0 Å². The number of hydrogen-bond acceptors (Lipinski definition) is 5. The number of anilines is 3. The predicted molar refractivity (Wildman–Crippen MR) is 85.0 cm³/mol. The number of benzene rings is 1. The maximum absolute atomic E-state index is 4.52. The molecule has 0 saturated heterocycles. The molecule has 0 spiro atoms. The van der Waals surface area contributed by atoms with Crippen molar-refractivity contribution < 1.29 is 0 Å². The Kier molecular flexibility index (Phi) is 3.43. The standard InChI is InChI=1S/C15H18N6/c1-4-16-15-20-13-12(17-8-18-13)14(21-15)19-11-7-9(2)5-6-10(11)3/h5-8H,4H2,1-3H3,(H3,16,17,18,19,20,21).